The maximum atomic E-state index is 13.1. The van der Waals surface area contributed by atoms with Crippen LogP contribution in [0, 0.1) is 0 Å². The van der Waals surface area contributed by atoms with Gasteiger partial charge in [-0.2, -0.15) is 4.98 Å². The van der Waals surface area contributed by atoms with Gasteiger partial charge in [0, 0.05) is 32.2 Å². The first-order chi connectivity index (χ1) is 15.2. The molecule has 6 nitrogen and oxygen atoms in total. The normalized spacial score (nSPS) is 14.5. The summed E-state index contributed by atoms with van der Waals surface area (Å²) < 4.78 is 10.5. The molecule has 0 unspecified atom stereocenters. The molecule has 1 aliphatic heterocycles. The van der Waals surface area contributed by atoms with Crippen molar-refractivity contribution >= 4 is 5.91 Å². The first kappa shape index (κ1) is 20.9. The van der Waals surface area contributed by atoms with Gasteiger partial charge in [-0.1, -0.05) is 60.7 Å². The molecular weight excluding hydrogens is 390 g/mol. The van der Waals surface area contributed by atoms with Crippen LogP contribution in [0.4, 0.5) is 0 Å². The third-order valence-electron chi connectivity index (χ3n) is 5.66. The van der Waals surface area contributed by atoms with Crippen molar-refractivity contribution in [3.05, 3.63) is 89.5 Å². The zero-order valence-corrected chi connectivity index (χ0v) is 17.9. The molecule has 6 heteroatoms. The number of carbonyl (C=O) groups is 1. The Kier molecular flexibility index (Phi) is 6.48. The number of pyridine rings is 1. The van der Waals surface area contributed by atoms with E-state index in [1.54, 1.807) is 19.2 Å². The molecule has 4 rings (SSSR count). The number of piperazine rings is 1. The molecular formula is C25H27N3O3. The molecule has 0 aliphatic carbocycles. The van der Waals surface area contributed by atoms with Crippen LogP contribution >= 0.6 is 0 Å². The fourth-order valence-electron chi connectivity index (χ4n) is 4.09. The van der Waals surface area contributed by atoms with Gasteiger partial charge in [0.05, 0.1) is 20.3 Å². The second-order valence-electron chi connectivity index (χ2n) is 7.46. The van der Waals surface area contributed by atoms with Gasteiger partial charge >= 0.3 is 0 Å². The summed E-state index contributed by atoms with van der Waals surface area (Å²) in [6.07, 6.45) is 0. The number of hydrogen-bond donors (Lipinski definition) is 0. The van der Waals surface area contributed by atoms with Gasteiger partial charge in [0.15, 0.2) is 0 Å². The molecule has 1 fully saturated rings. The average Bonchev–Trinajstić information content (AvgIpc) is 2.85. The van der Waals surface area contributed by atoms with Crippen LogP contribution in [-0.2, 0) is 0 Å². The predicted molar refractivity (Wildman–Crippen MR) is 120 cm³/mol. The van der Waals surface area contributed by atoms with Gasteiger partial charge in [-0.05, 0) is 17.2 Å². The number of amides is 1. The summed E-state index contributed by atoms with van der Waals surface area (Å²) in [5.41, 5.74) is 2.98. The van der Waals surface area contributed by atoms with E-state index in [0.717, 1.165) is 13.1 Å². The fraction of sp³-hybridized carbons (Fsp3) is 0.280. The molecule has 1 aromatic heterocycles. The molecule has 0 atom stereocenters. The highest BCUT2D eigenvalue weighted by Gasteiger charge is 2.29. The van der Waals surface area contributed by atoms with E-state index in [0.29, 0.717) is 30.4 Å². The topological polar surface area (TPSA) is 54.9 Å². The molecule has 0 bridgehead atoms. The molecule has 31 heavy (non-hydrogen) atoms. The van der Waals surface area contributed by atoms with Crippen molar-refractivity contribution in [1.29, 1.82) is 0 Å². The van der Waals surface area contributed by atoms with E-state index in [-0.39, 0.29) is 11.9 Å². The number of hydrogen-bond acceptors (Lipinski definition) is 5. The van der Waals surface area contributed by atoms with E-state index >= 15 is 0 Å². The van der Waals surface area contributed by atoms with Gasteiger partial charge in [-0.15, -0.1) is 0 Å². The SMILES string of the molecule is COc1ccc(C(=O)N2CCN(C(c3ccccc3)c3ccccc3)CC2)c(OC)n1. The molecule has 160 valence electrons. The van der Waals surface area contributed by atoms with Crippen molar-refractivity contribution in [2.45, 2.75) is 6.04 Å². The van der Waals surface area contributed by atoms with Crippen LogP contribution in [0.2, 0.25) is 0 Å². The van der Waals surface area contributed by atoms with Crippen LogP contribution in [0.1, 0.15) is 27.5 Å². The van der Waals surface area contributed by atoms with Crippen molar-refractivity contribution in [2.24, 2.45) is 0 Å². The van der Waals surface area contributed by atoms with Crippen molar-refractivity contribution in [3.8, 4) is 11.8 Å². The molecule has 0 radical (unpaired) electrons. The zero-order valence-electron chi connectivity index (χ0n) is 17.9. The van der Waals surface area contributed by atoms with Gasteiger partial charge < -0.3 is 14.4 Å². The summed E-state index contributed by atoms with van der Waals surface area (Å²) in [4.78, 5) is 21.7. The Morgan fingerprint density at radius 1 is 0.806 bits per heavy atom. The second kappa shape index (κ2) is 9.62. The molecule has 0 spiro atoms. The monoisotopic (exact) mass is 417 g/mol. The number of benzene rings is 2. The molecule has 3 aromatic rings. The number of rotatable bonds is 6. The Balaban J connectivity index is 1.51. The highest BCUT2D eigenvalue weighted by atomic mass is 16.5. The number of aromatic nitrogens is 1. The van der Waals surface area contributed by atoms with E-state index < -0.39 is 0 Å². The summed E-state index contributed by atoms with van der Waals surface area (Å²) in [7, 11) is 3.05. The van der Waals surface area contributed by atoms with Crippen LogP contribution in [0.15, 0.2) is 72.8 Å². The van der Waals surface area contributed by atoms with Crippen LogP contribution in [0.25, 0.3) is 0 Å². The second-order valence-corrected chi connectivity index (χ2v) is 7.46. The van der Waals surface area contributed by atoms with E-state index in [4.69, 9.17) is 9.47 Å². The summed E-state index contributed by atoms with van der Waals surface area (Å²) in [6.45, 7) is 2.85. The van der Waals surface area contributed by atoms with Crippen molar-refractivity contribution in [2.75, 3.05) is 40.4 Å². The number of carbonyl (C=O) groups excluding carboxylic acids is 1. The lowest BCUT2D eigenvalue weighted by atomic mass is 9.96. The lowest BCUT2D eigenvalue weighted by molar-refractivity contribution is 0.0593. The quantitative estimate of drug-likeness (QED) is 0.613. The van der Waals surface area contributed by atoms with Crippen LogP contribution in [0.5, 0.6) is 11.8 Å². The fourth-order valence-corrected chi connectivity index (χ4v) is 4.09. The predicted octanol–water partition coefficient (Wildman–Crippen LogP) is 3.65. The molecule has 1 saturated heterocycles. The lowest BCUT2D eigenvalue weighted by Gasteiger charge is -2.39. The Bertz CT molecular complexity index is 964. The molecule has 0 N–H and O–H groups in total. The number of ether oxygens (including phenoxy) is 2. The molecule has 1 aliphatic rings. The largest absolute Gasteiger partial charge is 0.481 e. The third kappa shape index (κ3) is 4.54. The van der Waals surface area contributed by atoms with E-state index in [1.165, 1.54) is 18.2 Å². The van der Waals surface area contributed by atoms with Gasteiger partial charge in [-0.3, -0.25) is 9.69 Å². The minimum atomic E-state index is -0.0670. The maximum absolute atomic E-state index is 13.1. The van der Waals surface area contributed by atoms with Gasteiger partial charge in [0.1, 0.15) is 5.56 Å². The summed E-state index contributed by atoms with van der Waals surface area (Å²) in [5, 5.41) is 0. The van der Waals surface area contributed by atoms with E-state index in [1.807, 2.05) is 17.0 Å². The Morgan fingerprint density at radius 3 is 1.90 bits per heavy atom. The zero-order chi connectivity index (χ0) is 21.6. The van der Waals surface area contributed by atoms with Crippen LogP contribution in [-0.4, -0.2) is 61.1 Å². The Morgan fingerprint density at radius 2 is 1.39 bits per heavy atom. The van der Waals surface area contributed by atoms with Crippen molar-refractivity contribution in [1.82, 2.24) is 14.8 Å². The van der Waals surface area contributed by atoms with E-state index in [9.17, 15) is 4.79 Å². The molecule has 2 aromatic carbocycles. The molecule has 1 amide bonds. The highest BCUT2D eigenvalue weighted by molar-refractivity contribution is 5.96. The van der Waals surface area contributed by atoms with Gasteiger partial charge in [-0.25, -0.2) is 0 Å². The number of methoxy groups -OCH3 is 2. The molecule has 0 saturated carbocycles. The van der Waals surface area contributed by atoms with Crippen LogP contribution < -0.4 is 9.47 Å². The van der Waals surface area contributed by atoms with Gasteiger partial charge in [0.25, 0.3) is 5.91 Å². The summed E-state index contributed by atoms with van der Waals surface area (Å²) in [5.74, 6) is 0.646. The molecule has 2 heterocycles. The Hall–Kier alpha value is -3.38. The van der Waals surface area contributed by atoms with Crippen molar-refractivity contribution < 1.29 is 14.3 Å². The standard InChI is InChI=1S/C25H27N3O3/c1-30-22-14-13-21(24(26-22)31-2)25(29)28-17-15-27(16-18-28)23(19-9-5-3-6-10-19)20-11-7-4-8-12-20/h3-14,23H,15-18H2,1-2H3. The minimum absolute atomic E-state index is 0.0670. The minimum Gasteiger partial charge on any atom is -0.481 e. The lowest BCUT2D eigenvalue weighted by Crippen LogP contribution is -2.50. The van der Waals surface area contributed by atoms with Gasteiger partial charge in [0.2, 0.25) is 11.8 Å². The van der Waals surface area contributed by atoms with E-state index in [2.05, 4.69) is 58.4 Å². The van der Waals surface area contributed by atoms with Crippen molar-refractivity contribution in [3.63, 3.8) is 0 Å². The third-order valence-corrected chi connectivity index (χ3v) is 5.66. The first-order valence-electron chi connectivity index (χ1n) is 10.4. The average molecular weight is 418 g/mol. The Labute approximate surface area is 183 Å². The highest BCUT2D eigenvalue weighted by Crippen LogP contribution is 2.30. The first-order valence-corrected chi connectivity index (χ1v) is 10.4. The summed E-state index contributed by atoms with van der Waals surface area (Å²) >= 11 is 0. The van der Waals surface area contributed by atoms with Crippen LogP contribution in [0.3, 0.4) is 0 Å². The maximum Gasteiger partial charge on any atom is 0.259 e. The summed E-state index contributed by atoms with van der Waals surface area (Å²) in [6, 6.07) is 24.6. The number of nitrogens with zero attached hydrogens (tertiary/aromatic N) is 3. The smallest absolute Gasteiger partial charge is 0.259 e.